The van der Waals surface area contributed by atoms with Crippen molar-refractivity contribution >= 4 is 28.5 Å². The largest absolute Gasteiger partial charge is 0.457 e. The number of likely N-dealkylation sites (tertiary alicyclic amines) is 1. The van der Waals surface area contributed by atoms with Crippen molar-refractivity contribution in [3.05, 3.63) is 40.2 Å². The van der Waals surface area contributed by atoms with Gasteiger partial charge in [-0.1, -0.05) is 6.07 Å². The molecular formula is C22H26N4O4S. The molecule has 5 rings (SSSR count). The fourth-order valence-electron chi connectivity index (χ4n) is 4.76. The van der Waals surface area contributed by atoms with E-state index < -0.39 is 5.60 Å². The molecule has 0 radical (unpaired) electrons. The summed E-state index contributed by atoms with van der Waals surface area (Å²) in [4.78, 5) is 33.5. The number of aryl methyl sites for hydroxylation is 1. The summed E-state index contributed by atoms with van der Waals surface area (Å²) in [6.07, 6.45) is 2.28. The molecule has 1 spiro atoms. The Bertz CT molecular complexity index is 1030. The number of esters is 1. The molecule has 31 heavy (non-hydrogen) atoms. The van der Waals surface area contributed by atoms with Crippen molar-refractivity contribution in [3.8, 4) is 0 Å². The van der Waals surface area contributed by atoms with Gasteiger partial charge in [-0.3, -0.25) is 9.69 Å². The van der Waals surface area contributed by atoms with E-state index in [0.29, 0.717) is 49.1 Å². The molecule has 0 saturated carbocycles. The van der Waals surface area contributed by atoms with Gasteiger partial charge in [-0.2, -0.15) is 4.37 Å². The Hall–Kier alpha value is -2.36. The molecule has 3 aliphatic heterocycles. The van der Waals surface area contributed by atoms with Gasteiger partial charge >= 0.3 is 5.97 Å². The summed E-state index contributed by atoms with van der Waals surface area (Å²) in [5.74, 6) is 0.496. The van der Waals surface area contributed by atoms with Gasteiger partial charge in [0.15, 0.2) is 0 Å². The van der Waals surface area contributed by atoms with E-state index in [1.807, 2.05) is 19.1 Å². The Balaban J connectivity index is 1.21. The zero-order valence-electron chi connectivity index (χ0n) is 17.8. The van der Waals surface area contributed by atoms with Crippen molar-refractivity contribution < 1.29 is 19.1 Å². The molecule has 9 heteroatoms. The van der Waals surface area contributed by atoms with Gasteiger partial charge in [0, 0.05) is 36.7 Å². The maximum Gasteiger partial charge on any atom is 0.338 e. The third kappa shape index (κ3) is 3.64. The molecule has 2 fully saturated rings. The van der Waals surface area contributed by atoms with Crippen LogP contribution in [0.2, 0.25) is 0 Å². The molecule has 2 aromatic rings. The average molecular weight is 443 g/mol. The minimum atomic E-state index is -0.741. The highest BCUT2D eigenvalue weighted by molar-refractivity contribution is 7.09. The molecule has 1 amide bonds. The van der Waals surface area contributed by atoms with Crippen LogP contribution in [0.25, 0.3) is 0 Å². The molecule has 8 nitrogen and oxygen atoms in total. The first-order valence-corrected chi connectivity index (χ1v) is 11.5. The van der Waals surface area contributed by atoms with Crippen LogP contribution in [0.4, 0.5) is 5.13 Å². The molecule has 2 saturated heterocycles. The molecule has 0 unspecified atom stereocenters. The van der Waals surface area contributed by atoms with E-state index in [2.05, 4.69) is 21.2 Å². The predicted molar refractivity (Wildman–Crippen MR) is 115 cm³/mol. The Kier molecular flexibility index (Phi) is 5.27. The normalized spacial score (nSPS) is 20.9. The van der Waals surface area contributed by atoms with E-state index in [9.17, 15) is 9.59 Å². The van der Waals surface area contributed by atoms with Crippen LogP contribution < -0.4 is 4.90 Å². The van der Waals surface area contributed by atoms with Gasteiger partial charge in [0.1, 0.15) is 18.0 Å². The smallest absolute Gasteiger partial charge is 0.338 e. The van der Waals surface area contributed by atoms with Crippen LogP contribution in [0.3, 0.4) is 0 Å². The third-order valence-corrected chi connectivity index (χ3v) is 7.55. The number of carbonyl (C=O) groups is 2. The van der Waals surface area contributed by atoms with Gasteiger partial charge in [-0.15, -0.1) is 0 Å². The number of fused-ring (bicyclic) bond motifs is 1. The first-order valence-electron chi connectivity index (χ1n) is 10.7. The summed E-state index contributed by atoms with van der Waals surface area (Å²) in [7, 11) is 0. The van der Waals surface area contributed by atoms with Crippen LogP contribution in [0.1, 0.15) is 45.7 Å². The zero-order chi connectivity index (χ0) is 21.6. The molecule has 0 aliphatic carbocycles. The number of piperidine rings is 1. The third-order valence-electron chi connectivity index (χ3n) is 6.72. The average Bonchev–Trinajstić information content (AvgIpc) is 3.37. The summed E-state index contributed by atoms with van der Waals surface area (Å²) in [5, 5.41) is 0.669. The Morgan fingerprint density at radius 3 is 2.71 bits per heavy atom. The Morgan fingerprint density at radius 1 is 1.16 bits per heavy atom. The lowest BCUT2D eigenvalue weighted by molar-refractivity contribution is -0.157. The lowest BCUT2D eigenvalue weighted by Crippen LogP contribution is -2.61. The maximum atomic E-state index is 13.3. The van der Waals surface area contributed by atoms with Gasteiger partial charge in [-0.05, 0) is 50.3 Å². The van der Waals surface area contributed by atoms with E-state index >= 15 is 0 Å². The molecule has 0 atom stereocenters. The number of cyclic esters (lactones) is 1. The second-order valence-corrected chi connectivity index (χ2v) is 9.20. The van der Waals surface area contributed by atoms with Crippen molar-refractivity contribution in [2.45, 2.75) is 45.3 Å². The standard InChI is InChI=1S/C22H26N4O4S/c1-14-16(3-4-17-18(14)13-29-19(17)27)5-8-25-9-6-22(7-10-25)20(28)26(11-12-30-22)21-23-15(2)24-31-21/h3-4H,5-13H2,1-2H3. The topological polar surface area (TPSA) is 84.9 Å². The number of aromatic nitrogens is 2. The Morgan fingerprint density at radius 2 is 1.97 bits per heavy atom. The first-order chi connectivity index (χ1) is 15.0. The van der Waals surface area contributed by atoms with Crippen LogP contribution in [0.5, 0.6) is 0 Å². The van der Waals surface area contributed by atoms with Gasteiger partial charge in [0.2, 0.25) is 5.13 Å². The summed E-state index contributed by atoms with van der Waals surface area (Å²) in [6.45, 7) is 7.90. The SMILES string of the molecule is Cc1nsc(N2CCOC3(CCN(CCc4ccc5c(c4C)COC5=O)CC3)C2=O)n1. The van der Waals surface area contributed by atoms with E-state index in [1.54, 1.807) is 4.90 Å². The van der Waals surface area contributed by atoms with Crippen LogP contribution in [-0.4, -0.2) is 64.5 Å². The monoisotopic (exact) mass is 442 g/mol. The van der Waals surface area contributed by atoms with Crippen LogP contribution in [0, 0.1) is 13.8 Å². The molecule has 0 N–H and O–H groups in total. The van der Waals surface area contributed by atoms with E-state index in [4.69, 9.17) is 9.47 Å². The number of rotatable bonds is 4. The first kappa shape index (κ1) is 20.5. The lowest BCUT2D eigenvalue weighted by atomic mass is 9.88. The molecule has 1 aromatic heterocycles. The summed E-state index contributed by atoms with van der Waals surface area (Å²) in [6, 6.07) is 3.93. The minimum Gasteiger partial charge on any atom is -0.457 e. The van der Waals surface area contributed by atoms with E-state index in [0.717, 1.165) is 37.2 Å². The molecule has 3 aliphatic rings. The van der Waals surface area contributed by atoms with Gasteiger partial charge in [0.25, 0.3) is 5.91 Å². The van der Waals surface area contributed by atoms with Crippen molar-refractivity contribution in [2.75, 3.05) is 37.7 Å². The fourth-order valence-corrected chi connectivity index (χ4v) is 5.46. The highest BCUT2D eigenvalue weighted by Gasteiger charge is 2.48. The predicted octanol–water partition coefficient (Wildman–Crippen LogP) is 2.27. The second kappa shape index (κ2) is 7.96. The van der Waals surface area contributed by atoms with Crippen LogP contribution >= 0.6 is 11.5 Å². The summed E-state index contributed by atoms with van der Waals surface area (Å²) < 4.78 is 15.4. The van der Waals surface area contributed by atoms with Gasteiger partial charge in [0.05, 0.1) is 18.7 Å². The second-order valence-electron chi connectivity index (χ2n) is 8.47. The zero-order valence-corrected chi connectivity index (χ0v) is 18.7. The number of amides is 1. The quantitative estimate of drug-likeness (QED) is 0.672. The number of carbonyl (C=O) groups excluding carboxylic acids is 2. The highest BCUT2D eigenvalue weighted by Crippen LogP contribution is 2.34. The van der Waals surface area contributed by atoms with Crippen LogP contribution in [0.15, 0.2) is 12.1 Å². The molecule has 164 valence electrons. The number of hydrogen-bond donors (Lipinski definition) is 0. The van der Waals surface area contributed by atoms with Crippen molar-refractivity contribution in [2.24, 2.45) is 0 Å². The number of morpholine rings is 1. The maximum absolute atomic E-state index is 13.3. The minimum absolute atomic E-state index is 0.0219. The van der Waals surface area contributed by atoms with Gasteiger partial charge in [-0.25, -0.2) is 9.78 Å². The summed E-state index contributed by atoms with van der Waals surface area (Å²) in [5.41, 5.74) is 3.39. The van der Waals surface area contributed by atoms with E-state index in [1.165, 1.54) is 17.1 Å². The van der Waals surface area contributed by atoms with E-state index in [-0.39, 0.29) is 11.9 Å². The number of ether oxygens (including phenoxy) is 2. The number of benzene rings is 1. The molecule has 0 bridgehead atoms. The number of anilines is 1. The van der Waals surface area contributed by atoms with Crippen molar-refractivity contribution in [3.63, 3.8) is 0 Å². The number of hydrogen-bond acceptors (Lipinski definition) is 8. The molecule has 1 aromatic carbocycles. The fraction of sp³-hybridized carbons (Fsp3) is 0.545. The molecule has 4 heterocycles. The molecular weight excluding hydrogens is 416 g/mol. The van der Waals surface area contributed by atoms with Crippen molar-refractivity contribution in [1.29, 1.82) is 0 Å². The van der Waals surface area contributed by atoms with Crippen LogP contribution in [-0.2, 0) is 27.3 Å². The highest BCUT2D eigenvalue weighted by atomic mass is 32.1. The Labute approximate surface area is 185 Å². The number of nitrogens with zero attached hydrogens (tertiary/aromatic N) is 4. The summed E-state index contributed by atoms with van der Waals surface area (Å²) >= 11 is 1.27. The van der Waals surface area contributed by atoms with Crippen molar-refractivity contribution in [1.82, 2.24) is 14.3 Å². The lowest BCUT2D eigenvalue weighted by Gasteiger charge is -2.45. The van der Waals surface area contributed by atoms with Gasteiger partial charge < -0.3 is 14.4 Å².